The molecule has 0 aliphatic heterocycles. The van der Waals surface area contributed by atoms with Crippen molar-refractivity contribution in [1.29, 1.82) is 0 Å². The fraction of sp³-hybridized carbons (Fsp3) is 0.140. The van der Waals surface area contributed by atoms with Gasteiger partial charge in [0.05, 0.1) is 12.0 Å². The van der Waals surface area contributed by atoms with Crippen LogP contribution in [0, 0.1) is 5.82 Å². The number of aromatic amines is 1. The minimum absolute atomic E-state index is 0.254. The molecule has 0 atom stereocenters. The molecule has 0 amide bonds. The number of nitrogens with one attached hydrogen (secondary N) is 1. The predicted octanol–water partition coefficient (Wildman–Crippen LogP) is 8.75. The van der Waals surface area contributed by atoms with E-state index in [1.54, 1.807) is 0 Å². The van der Waals surface area contributed by atoms with Gasteiger partial charge in [-0.25, -0.2) is 9.37 Å². The minimum Gasteiger partial charge on any atom is -0.361 e. The van der Waals surface area contributed by atoms with Crippen molar-refractivity contribution in [3.63, 3.8) is 0 Å². The van der Waals surface area contributed by atoms with E-state index in [1.807, 2.05) is 24.7 Å². The van der Waals surface area contributed by atoms with E-state index in [0.29, 0.717) is 12.8 Å². The second-order valence-corrected chi connectivity index (χ2v) is 12.7. The van der Waals surface area contributed by atoms with Crippen molar-refractivity contribution in [3.05, 3.63) is 209 Å². The highest BCUT2D eigenvalue weighted by Crippen LogP contribution is 2.40. The summed E-state index contributed by atoms with van der Waals surface area (Å²) in [5.41, 5.74) is 6.97. The molecule has 3 heterocycles. The van der Waals surface area contributed by atoms with Crippen LogP contribution in [0.4, 0.5) is 4.39 Å². The van der Waals surface area contributed by atoms with Gasteiger partial charge >= 0.3 is 0 Å². The first kappa shape index (κ1) is 31.2. The lowest BCUT2D eigenvalue weighted by Gasteiger charge is -2.37. The topological polar surface area (TPSA) is 64.3 Å². The third-order valence-electron chi connectivity index (χ3n) is 9.60. The molecule has 1 N–H and O–H groups in total. The molecule has 8 rings (SSSR count). The van der Waals surface area contributed by atoms with Gasteiger partial charge in [0.25, 0.3) is 0 Å². The Hall–Kier alpha value is -6.08. The first-order valence-corrected chi connectivity index (χ1v) is 17.1. The van der Waals surface area contributed by atoms with Crippen LogP contribution in [0.5, 0.6) is 0 Å². The summed E-state index contributed by atoms with van der Waals surface area (Å²) in [5.74, 6) is 1.57. The van der Waals surface area contributed by atoms with E-state index in [-0.39, 0.29) is 5.82 Å². The third-order valence-corrected chi connectivity index (χ3v) is 9.60. The molecule has 50 heavy (non-hydrogen) atoms. The number of rotatable bonds is 12. The number of aryl methyl sites for hydroxylation is 1. The Morgan fingerprint density at radius 1 is 0.660 bits per heavy atom. The smallest absolute Gasteiger partial charge is 0.137 e. The molecule has 0 unspecified atom stereocenters. The number of aromatic nitrogens is 6. The van der Waals surface area contributed by atoms with Crippen molar-refractivity contribution in [2.45, 2.75) is 37.8 Å². The van der Waals surface area contributed by atoms with Gasteiger partial charge in [0.1, 0.15) is 23.0 Å². The summed E-state index contributed by atoms with van der Waals surface area (Å²) in [4.78, 5) is 8.20. The van der Waals surface area contributed by atoms with Crippen LogP contribution < -0.4 is 0 Å². The van der Waals surface area contributed by atoms with Gasteiger partial charge in [-0.1, -0.05) is 121 Å². The minimum atomic E-state index is -0.596. The van der Waals surface area contributed by atoms with Gasteiger partial charge in [-0.3, -0.25) is 0 Å². The monoisotopic (exact) mass is 656 g/mol. The molecular formula is C43H37FN6. The average molecular weight is 657 g/mol. The van der Waals surface area contributed by atoms with Gasteiger partial charge in [0.2, 0.25) is 0 Å². The Morgan fingerprint density at radius 3 is 1.86 bits per heavy atom. The van der Waals surface area contributed by atoms with Crippen molar-refractivity contribution in [2.24, 2.45) is 0 Å². The van der Waals surface area contributed by atoms with Crippen LogP contribution in [0.1, 0.15) is 51.6 Å². The molecule has 0 aliphatic rings. The van der Waals surface area contributed by atoms with Crippen molar-refractivity contribution < 1.29 is 4.39 Å². The molecule has 7 heteroatoms. The molecule has 246 valence electrons. The lowest BCUT2D eigenvalue weighted by Crippen LogP contribution is -2.36. The van der Waals surface area contributed by atoms with Crippen molar-refractivity contribution in [3.8, 4) is 0 Å². The van der Waals surface area contributed by atoms with Gasteiger partial charge in [0, 0.05) is 42.7 Å². The second-order valence-electron chi connectivity index (χ2n) is 12.7. The van der Waals surface area contributed by atoms with Gasteiger partial charge in [-0.15, -0.1) is 10.2 Å². The molecule has 5 aromatic carbocycles. The van der Waals surface area contributed by atoms with E-state index >= 15 is 0 Å². The van der Waals surface area contributed by atoms with E-state index in [2.05, 4.69) is 146 Å². The van der Waals surface area contributed by atoms with E-state index in [9.17, 15) is 4.39 Å². The zero-order valence-electron chi connectivity index (χ0n) is 27.7. The fourth-order valence-electron chi connectivity index (χ4n) is 7.23. The largest absolute Gasteiger partial charge is 0.361 e. The van der Waals surface area contributed by atoms with E-state index in [1.165, 1.54) is 34.4 Å². The molecule has 0 aliphatic carbocycles. The zero-order chi connectivity index (χ0) is 33.8. The highest BCUT2D eigenvalue weighted by molar-refractivity contribution is 5.83. The molecule has 3 aromatic heterocycles. The van der Waals surface area contributed by atoms with Gasteiger partial charge in [-0.05, 0) is 58.9 Å². The first-order chi connectivity index (χ1) is 24.7. The van der Waals surface area contributed by atoms with Crippen LogP contribution in [0.25, 0.3) is 10.9 Å². The zero-order valence-corrected chi connectivity index (χ0v) is 27.7. The maximum Gasteiger partial charge on any atom is 0.137 e. The summed E-state index contributed by atoms with van der Waals surface area (Å²) >= 11 is 0. The van der Waals surface area contributed by atoms with Crippen molar-refractivity contribution >= 4 is 10.9 Å². The van der Waals surface area contributed by atoms with E-state index in [0.717, 1.165) is 53.2 Å². The number of H-pyrrole nitrogens is 1. The molecule has 0 saturated heterocycles. The standard InChI is InChI=1S/C43H37FN6/c44-37-23-24-39-33(29-45-40(39)28-37)27-42-48-47-41(26-32-14-5-1-6-15-32)50(42)25-13-22-38-30-49(31-46-38)43(34-16-7-2-8-17-34,35-18-9-3-10-19-35)36-20-11-4-12-21-36/h1-12,14-21,23-24,28-31,45H,13,22,25-27H2. The highest BCUT2D eigenvalue weighted by Gasteiger charge is 2.38. The summed E-state index contributed by atoms with van der Waals surface area (Å²) in [5, 5.41) is 10.3. The number of hydrogen-bond donors (Lipinski definition) is 1. The maximum atomic E-state index is 13.9. The second kappa shape index (κ2) is 13.8. The molecular weight excluding hydrogens is 620 g/mol. The van der Waals surface area contributed by atoms with Crippen molar-refractivity contribution in [1.82, 2.24) is 29.3 Å². The maximum absolute atomic E-state index is 13.9. The highest BCUT2D eigenvalue weighted by atomic mass is 19.1. The predicted molar refractivity (Wildman–Crippen MR) is 195 cm³/mol. The van der Waals surface area contributed by atoms with Crippen molar-refractivity contribution in [2.75, 3.05) is 0 Å². The molecule has 0 saturated carbocycles. The lowest BCUT2D eigenvalue weighted by molar-refractivity contribution is 0.513. The normalized spacial score (nSPS) is 11.7. The summed E-state index contributed by atoms with van der Waals surface area (Å²) < 4.78 is 18.4. The number of hydrogen-bond acceptors (Lipinski definition) is 3. The SMILES string of the molecule is Fc1ccc2c(Cc3nnc(Cc4ccccc4)n3CCCc3cn(C(c4ccccc4)(c4ccccc4)c4ccccc4)cn3)c[nH]c2c1. The molecule has 0 fully saturated rings. The van der Waals surface area contributed by atoms with Gasteiger partial charge in [0.15, 0.2) is 0 Å². The Labute approximate surface area is 290 Å². The number of benzene rings is 5. The molecule has 8 aromatic rings. The number of imidazole rings is 1. The third kappa shape index (κ3) is 6.03. The van der Waals surface area contributed by atoms with Gasteiger partial charge < -0.3 is 14.1 Å². The van der Waals surface area contributed by atoms with E-state index in [4.69, 9.17) is 4.98 Å². The van der Waals surface area contributed by atoms with E-state index < -0.39 is 5.54 Å². The van der Waals surface area contributed by atoms with Crippen LogP contribution >= 0.6 is 0 Å². The molecule has 0 bridgehead atoms. The first-order valence-electron chi connectivity index (χ1n) is 17.1. The van der Waals surface area contributed by atoms with Crippen LogP contribution in [-0.4, -0.2) is 29.3 Å². The summed E-state index contributed by atoms with van der Waals surface area (Å²) in [7, 11) is 0. The number of halogens is 1. The van der Waals surface area contributed by atoms with Crippen LogP contribution in [-0.2, 0) is 31.3 Å². The average Bonchev–Trinajstić information content (AvgIpc) is 3.90. The fourth-order valence-corrected chi connectivity index (χ4v) is 7.23. The lowest BCUT2D eigenvalue weighted by atomic mass is 9.77. The molecule has 0 radical (unpaired) electrons. The number of nitrogens with zero attached hydrogens (tertiary/aromatic N) is 5. The van der Waals surface area contributed by atoms with Crippen LogP contribution in [0.2, 0.25) is 0 Å². The van der Waals surface area contributed by atoms with Crippen LogP contribution in [0.15, 0.2) is 158 Å². The Kier molecular flexibility index (Phi) is 8.61. The Balaban J connectivity index is 1.10. The summed E-state index contributed by atoms with van der Waals surface area (Å²) in [6.07, 6.45) is 9.06. The quantitative estimate of drug-likeness (QED) is 0.134. The molecule has 6 nitrogen and oxygen atoms in total. The summed E-state index contributed by atoms with van der Waals surface area (Å²) in [6.45, 7) is 0.746. The Bertz CT molecular complexity index is 2210. The summed E-state index contributed by atoms with van der Waals surface area (Å²) in [6, 6.07) is 47.3. The Morgan fingerprint density at radius 2 is 1.24 bits per heavy atom. The van der Waals surface area contributed by atoms with Gasteiger partial charge in [-0.2, -0.15) is 0 Å². The number of fused-ring (bicyclic) bond motifs is 1. The molecule has 0 spiro atoms. The van der Waals surface area contributed by atoms with Crippen LogP contribution in [0.3, 0.4) is 0 Å².